The molecule has 0 spiro atoms. The molecule has 1 N–H and O–H groups in total. The number of hydrogen-bond donors (Lipinski definition) is 1. The number of ether oxygens (including phenoxy) is 1. The quantitative estimate of drug-likeness (QED) is 0.791. The van der Waals surface area contributed by atoms with Crippen molar-refractivity contribution >= 4 is 12.0 Å². The summed E-state index contributed by atoms with van der Waals surface area (Å²) in [6.45, 7) is 2.29. The van der Waals surface area contributed by atoms with Gasteiger partial charge in [0.1, 0.15) is 5.75 Å². The Morgan fingerprint density at radius 2 is 2.08 bits per heavy atom. The van der Waals surface area contributed by atoms with Crippen LogP contribution >= 0.6 is 0 Å². The predicted octanol–water partition coefficient (Wildman–Crippen LogP) is 3.14. The van der Waals surface area contributed by atoms with Crippen molar-refractivity contribution in [2.75, 3.05) is 0 Å². The number of aryl methyl sites for hydroxylation is 1. The smallest absolute Gasteiger partial charge is 0.387 e. The molecule has 0 unspecified atom stereocenters. The number of nitrogens with zero attached hydrogens (tertiary/aromatic N) is 2. The van der Waals surface area contributed by atoms with E-state index in [4.69, 9.17) is 0 Å². The molecule has 0 aliphatic heterocycles. The van der Waals surface area contributed by atoms with Gasteiger partial charge < -0.3 is 10.1 Å². The Labute approximate surface area is 138 Å². The maximum atomic E-state index is 12.1. The van der Waals surface area contributed by atoms with E-state index in [1.54, 1.807) is 24.4 Å². The number of aromatic nitrogens is 2. The topological polar surface area (TPSA) is 56.2 Å². The van der Waals surface area contributed by atoms with Crippen molar-refractivity contribution in [2.45, 2.75) is 33.5 Å². The average molecular weight is 335 g/mol. The van der Waals surface area contributed by atoms with E-state index in [0.717, 1.165) is 17.8 Å². The Bertz CT molecular complexity index is 709. The lowest BCUT2D eigenvalue weighted by Gasteiger charge is -2.04. The van der Waals surface area contributed by atoms with Crippen LogP contribution in [0.2, 0.25) is 0 Å². The van der Waals surface area contributed by atoms with Crippen LogP contribution in [0.4, 0.5) is 8.78 Å². The zero-order valence-electron chi connectivity index (χ0n) is 13.5. The zero-order valence-corrected chi connectivity index (χ0v) is 13.5. The summed E-state index contributed by atoms with van der Waals surface area (Å²) in [6.07, 6.45) is 4.73. The van der Waals surface area contributed by atoms with Crippen LogP contribution < -0.4 is 10.1 Å². The molecule has 1 aromatic carbocycles. The Morgan fingerprint density at radius 1 is 1.38 bits per heavy atom. The third kappa shape index (κ3) is 4.91. The second kappa shape index (κ2) is 8.24. The average Bonchev–Trinajstić information content (AvgIpc) is 2.91. The molecule has 7 heteroatoms. The third-order valence-corrected chi connectivity index (χ3v) is 3.49. The molecule has 1 aromatic heterocycles. The number of carbonyl (C=O) groups is 1. The van der Waals surface area contributed by atoms with Crippen molar-refractivity contribution in [3.63, 3.8) is 0 Å². The van der Waals surface area contributed by atoms with E-state index < -0.39 is 6.61 Å². The van der Waals surface area contributed by atoms with Crippen LogP contribution in [0.25, 0.3) is 6.08 Å². The normalized spacial score (nSPS) is 11.2. The van der Waals surface area contributed by atoms with Crippen LogP contribution in [0, 0.1) is 6.92 Å². The molecule has 5 nitrogen and oxygen atoms in total. The molecule has 0 bridgehead atoms. The third-order valence-electron chi connectivity index (χ3n) is 3.49. The van der Waals surface area contributed by atoms with E-state index in [1.165, 1.54) is 18.2 Å². The van der Waals surface area contributed by atoms with E-state index in [-0.39, 0.29) is 11.7 Å². The molecule has 2 rings (SSSR count). The highest BCUT2D eigenvalue weighted by atomic mass is 19.3. The van der Waals surface area contributed by atoms with Crippen molar-refractivity contribution in [1.29, 1.82) is 0 Å². The van der Waals surface area contributed by atoms with Gasteiger partial charge in [-0.15, -0.1) is 0 Å². The molecule has 0 aliphatic carbocycles. The molecule has 24 heavy (non-hydrogen) atoms. The van der Waals surface area contributed by atoms with Gasteiger partial charge in [0.15, 0.2) is 0 Å². The maximum Gasteiger partial charge on any atom is 0.387 e. The highest BCUT2D eigenvalue weighted by Gasteiger charge is 2.06. The van der Waals surface area contributed by atoms with Crippen LogP contribution in [0.3, 0.4) is 0 Å². The minimum absolute atomic E-state index is 0.0787. The summed E-state index contributed by atoms with van der Waals surface area (Å²) in [7, 11) is 0. The van der Waals surface area contributed by atoms with Gasteiger partial charge in [0.25, 0.3) is 0 Å². The van der Waals surface area contributed by atoms with Gasteiger partial charge in [-0.1, -0.05) is 12.1 Å². The number of carbonyl (C=O) groups excluding carboxylic acids is 1. The van der Waals surface area contributed by atoms with Crippen molar-refractivity contribution in [3.8, 4) is 5.75 Å². The Balaban J connectivity index is 1.87. The van der Waals surface area contributed by atoms with Crippen LogP contribution in [-0.2, 0) is 17.9 Å². The molecular weight excluding hydrogens is 316 g/mol. The zero-order chi connectivity index (χ0) is 17.5. The standard InChI is InChI=1S/C17H19F2N3O2/c1-3-22-12(2)14(11-21-22)10-20-16(23)9-6-13-4-7-15(8-5-13)24-17(18)19/h4-9,11,17H,3,10H2,1-2H3,(H,20,23)/b9-6-. The summed E-state index contributed by atoms with van der Waals surface area (Å²) in [6, 6.07) is 6.03. The van der Waals surface area contributed by atoms with E-state index in [0.29, 0.717) is 12.1 Å². The molecular formula is C17H19F2N3O2. The molecule has 0 radical (unpaired) electrons. The molecule has 0 atom stereocenters. The highest BCUT2D eigenvalue weighted by Crippen LogP contribution is 2.15. The number of benzene rings is 1. The fourth-order valence-corrected chi connectivity index (χ4v) is 2.15. The van der Waals surface area contributed by atoms with E-state index in [9.17, 15) is 13.6 Å². The molecule has 1 amide bonds. The van der Waals surface area contributed by atoms with Crippen molar-refractivity contribution in [3.05, 3.63) is 53.4 Å². The number of rotatable bonds is 7. The molecule has 1 heterocycles. The van der Waals surface area contributed by atoms with Crippen LogP contribution in [0.5, 0.6) is 5.75 Å². The highest BCUT2D eigenvalue weighted by molar-refractivity contribution is 5.91. The van der Waals surface area contributed by atoms with Gasteiger partial charge in [-0.3, -0.25) is 9.48 Å². The SMILES string of the molecule is CCn1ncc(CNC(=O)/C=C\c2ccc(OC(F)F)cc2)c1C. The van der Waals surface area contributed by atoms with Crippen LogP contribution in [0.15, 0.2) is 36.5 Å². The first-order valence-electron chi connectivity index (χ1n) is 7.51. The molecule has 2 aromatic rings. The van der Waals surface area contributed by atoms with Gasteiger partial charge in [-0.25, -0.2) is 0 Å². The van der Waals surface area contributed by atoms with Crippen molar-refractivity contribution < 1.29 is 18.3 Å². The number of halogens is 2. The van der Waals surface area contributed by atoms with Gasteiger partial charge >= 0.3 is 6.61 Å². The van der Waals surface area contributed by atoms with Gasteiger partial charge in [0.2, 0.25) is 5.91 Å². The minimum atomic E-state index is -2.85. The monoisotopic (exact) mass is 335 g/mol. The first-order chi connectivity index (χ1) is 11.5. The molecule has 0 saturated heterocycles. The predicted molar refractivity (Wildman–Crippen MR) is 86.6 cm³/mol. The second-order valence-electron chi connectivity index (χ2n) is 5.07. The van der Waals surface area contributed by atoms with Crippen molar-refractivity contribution in [1.82, 2.24) is 15.1 Å². The van der Waals surface area contributed by atoms with E-state index in [2.05, 4.69) is 15.2 Å². The first-order valence-corrected chi connectivity index (χ1v) is 7.51. The van der Waals surface area contributed by atoms with Crippen LogP contribution in [-0.4, -0.2) is 22.3 Å². The Kier molecular flexibility index (Phi) is 6.06. The summed E-state index contributed by atoms with van der Waals surface area (Å²) in [5, 5.41) is 7.00. The number of alkyl halides is 2. The summed E-state index contributed by atoms with van der Waals surface area (Å²) in [5.41, 5.74) is 2.70. The fraction of sp³-hybridized carbons (Fsp3) is 0.294. The molecule has 0 fully saturated rings. The molecule has 128 valence electrons. The van der Waals surface area contributed by atoms with Gasteiger partial charge in [-0.05, 0) is 37.6 Å². The molecule has 0 saturated carbocycles. The first kappa shape index (κ1) is 17.7. The lowest BCUT2D eigenvalue weighted by atomic mass is 10.2. The lowest BCUT2D eigenvalue weighted by Crippen LogP contribution is -2.20. The Morgan fingerprint density at radius 3 is 2.67 bits per heavy atom. The van der Waals surface area contributed by atoms with Crippen LogP contribution in [0.1, 0.15) is 23.7 Å². The van der Waals surface area contributed by atoms with Gasteiger partial charge in [0.05, 0.1) is 6.20 Å². The summed E-state index contributed by atoms with van der Waals surface area (Å²) in [4.78, 5) is 11.8. The lowest BCUT2D eigenvalue weighted by molar-refractivity contribution is -0.116. The minimum Gasteiger partial charge on any atom is -0.435 e. The number of hydrogen-bond acceptors (Lipinski definition) is 3. The largest absolute Gasteiger partial charge is 0.435 e. The summed E-state index contributed by atoms with van der Waals surface area (Å²) in [5.74, 6) is -0.165. The van der Waals surface area contributed by atoms with E-state index >= 15 is 0 Å². The second-order valence-corrected chi connectivity index (χ2v) is 5.07. The van der Waals surface area contributed by atoms with Gasteiger partial charge in [-0.2, -0.15) is 13.9 Å². The number of nitrogens with one attached hydrogen (secondary N) is 1. The van der Waals surface area contributed by atoms with Crippen molar-refractivity contribution in [2.24, 2.45) is 0 Å². The summed E-state index contributed by atoms with van der Waals surface area (Å²) >= 11 is 0. The summed E-state index contributed by atoms with van der Waals surface area (Å²) < 4.78 is 30.2. The molecule has 0 aliphatic rings. The Hall–Kier alpha value is -2.70. The number of amides is 1. The fourth-order valence-electron chi connectivity index (χ4n) is 2.15. The maximum absolute atomic E-state index is 12.1. The van der Waals surface area contributed by atoms with Gasteiger partial charge in [0, 0.05) is 30.4 Å². The van der Waals surface area contributed by atoms with E-state index in [1.807, 2.05) is 18.5 Å².